The maximum Gasteiger partial charge on any atom is 0.241 e. The maximum absolute atomic E-state index is 14.6. The molecule has 12 heteroatoms. The largest absolute Gasteiger partial charge is 0.504 e. The molecule has 2 aliphatic carbocycles. The molecule has 6 atom stereocenters. The number of hydrogen-bond acceptors (Lipinski definition) is 7. The first-order valence-electron chi connectivity index (χ1n) is 15.4. The second-order valence-electron chi connectivity index (χ2n) is 12.9. The van der Waals surface area contributed by atoms with Gasteiger partial charge in [0.05, 0.1) is 46.7 Å². The van der Waals surface area contributed by atoms with Gasteiger partial charge in [0.1, 0.15) is 5.82 Å². The molecule has 7 rings (SSSR count). The number of carbonyl (C=O) groups is 5. The standard InChI is InChI=1S/C36H29BrClFN2O7/c1-16(42)17-4-6-19(7-5-17)40-32(44)22-10-9-21-23(29(22)34(40)46)15-25-33(45)41(20-8-11-27(39)26(38)14-20)35(47)36(25,2)30(21)24-12-18(37)13-28(48-3)31(24)43/h4-9,11-14,22-23,25,29-30,43H,10,15H2,1-3H3/t22-,23+,25-,29-,30+,36+/m0/s1. The van der Waals surface area contributed by atoms with Crippen molar-refractivity contribution in [2.24, 2.45) is 29.1 Å². The summed E-state index contributed by atoms with van der Waals surface area (Å²) in [6.07, 6.45) is 2.15. The molecular weight excluding hydrogens is 707 g/mol. The molecule has 0 unspecified atom stereocenters. The Morgan fingerprint density at radius 1 is 0.979 bits per heavy atom. The number of nitrogens with zero attached hydrogens (tertiary/aromatic N) is 2. The van der Waals surface area contributed by atoms with Crippen molar-refractivity contribution >= 4 is 68.3 Å². The number of ketones is 1. The summed E-state index contributed by atoms with van der Waals surface area (Å²) in [5.74, 6) is -6.95. The molecular formula is C36H29BrClFN2O7. The van der Waals surface area contributed by atoms with E-state index in [4.69, 9.17) is 16.3 Å². The molecule has 1 N–H and O–H groups in total. The fourth-order valence-electron chi connectivity index (χ4n) is 8.30. The van der Waals surface area contributed by atoms with Crippen molar-refractivity contribution < 1.29 is 38.2 Å². The van der Waals surface area contributed by atoms with Gasteiger partial charge < -0.3 is 9.84 Å². The van der Waals surface area contributed by atoms with E-state index in [0.717, 1.165) is 15.9 Å². The van der Waals surface area contributed by atoms with Crippen LogP contribution in [0.5, 0.6) is 11.5 Å². The van der Waals surface area contributed by atoms with Crippen molar-refractivity contribution in [3.8, 4) is 11.5 Å². The molecule has 3 fully saturated rings. The first kappa shape index (κ1) is 32.2. The molecule has 9 nitrogen and oxygen atoms in total. The Morgan fingerprint density at radius 3 is 2.31 bits per heavy atom. The van der Waals surface area contributed by atoms with E-state index < -0.39 is 58.5 Å². The molecule has 48 heavy (non-hydrogen) atoms. The van der Waals surface area contributed by atoms with Gasteiger partial charge in [-0.1, -0.05) is 39.2 Å². The van der Waals surface area contributed by atoms with Crippen LogP contribution in [-0.2, 0) is 19.2 Å². The lowest BCUT2D eigenvalue weighted by atomic mass is 9.51. The third kappa shape index (κ3) is 4.50. The molecule has 0 bridgehead atoms. The van der Waals surface area contributed by atoms with Crippen LogP contribution in [0.2, 0.25) is 5.02 Å². The number of benzene rings is 3. The fraction of sp³-hybridized carbons (Fsp3) is 0.306. The normalized spacial score (nSPS) is 27.9. The highest BCUT2D eigenvalue weighted by atomic mass is 79.9. The van der Waals surface area contributed by atoms with Gasteiger partial charge in [-0.25, -0.2) is 9.29 Å². The highest BCUT2D eigenvalue weighted by Gasteiger charge is 2.68. The monoisotopic (exact) mass is 734 g/mol. The molecule has 4 amide bonds. The number of rotatable bonds is 5. The summed E-state index contributed by atoms with van der Waals surface area (Å²) in [6, 6.07) is 13.1. The minimum Gasteiger partial charge on any atom is -0.504 e. The number of anilines is 2. The lowest BCUT2D eigenvalue weighted by molar-refractivity contribution is -0.131. The summed E-state index contributed by atoms with van der Waals surface area (Å²) in [7, 11) is 1.40. The number of imide groups is 2. The van der Waals surface area contributed by atoms with Crippen LogP contribution in [0.3, 0.4) is 0 Å². The number of ether oxygens (including phenoxy) is 1. The van der Waals surface area contributed by atoms with Gasteiger partial charge in [-0.15, -0.1) is 0 Å². The first-order chi connectivity index (χ1) is 22.8. The van der Waals surface area contributed by atoms with Gasteiger partial charge in [0.15, 0.2) is 17.3 Å². The van der Waals surface area contributed by atoms with Crippen LogP contribution in [0.4, 0.5) is 15.8 Å². The molecule has 246 valence electrons. The molecule has 3 aromatic carbocycles. The third-order valence-corrected chi connectivity index (χ3v) is 11.3. The Bertz CT molecular complexity index is 2000. The van der Waals surface area contributed by atoms with Gasteiger partial charge in [-0.3, -0.25) is 28.9 Å². The zero-order chi connectivity index (χ0) is 34.4. The average Bonchev–Trinajstić information content (AvgIpc) is 3.43. The van der Waals surface area contributed by atoms with Crippen molar-refractivity contribution in [3.05, 3.63) is 92.7 Å². The number of carbonyl (C=O) groups excluding carboxylic acids is 5. The number of phenolic OH excluding ortho intramolecular Hbond substituents is 1. The topological polar surface area (TPSA) is 121 Å². The Hall–Kier alpha value is -4.35. The predicted octanol–water partition coefficient (Wildman–Crippen LogP) is 6.59. The summed E-state index contributed by atoms with van der Waals surface area (Å²) in [4.78, 5) is 71.1. The highest BCUT2D eigenvalue weighted by Crippen LogP contribution is 2.65. The number of allylic oxidation sites excluding steroid dienone is 2. The Kier molecular flexibility index (Phi) is 7.63. The van der Waals surface area contributed by atoms with Gasteiger partial charge in [-0.2, -0.15) is 0 Å². The van der Waals surface area contributed by atoms with E-state index >= 15 is 0 Å². The molecule has 2 aliphatic heterocycles. The number of phenols is 1. The number of Topliss-reactive ketones (excluding diaryl/α,β-unsaturated/α-hetero) is 1. The Balaban J connectivity index is 1.38. The minimum atomic E-state index is -1.45. The highest BCUT2D eigenvalue weighted by molar-refractivity contribution is 9.10. The van der Waals surface area contributed by atoms with Crippen molar-refractivity contribution in [2.45, 2.75) is 32.6 Å². The minimum absolute atomic E-state index is 0.0814. The molecule has 0 spiro atoms. The van der Waals surface area contributed by atoms with Gasteiger partial charge in [0.25, 0.3) is 0 Å². The number of amides is 4. The van der Waals surface area contributed by atoms with Crippen LogP contribution in [0, 0.1) is 34.9 Å². The van der Waals surface area contributed by atoms with E-state index in [0.29, 0.717) is 26.9 Å². The molecule has 0 radical (unpaired) electrons. The summed E-state index contributed by atoms with van der Waals surface area (Å²) in [6.45, 7) is 3.10. The summed E-state index contributed by atoms with van der Waals surface area (Å²) >= 11 is 9.56. The SMILES string of the molecule is COc1cc(Br)cc([C@H]2C3=CC[C@@H]4C(=O)N(c5ccc(C(C)=O)cc5)C(=O)[C@@H]4[C@@H]3C[C@H]3C(=O)N(c4ccc(F)c(Cl)c4)C(=O)[C@@]23C)c1O. The van der Waals surface area contributed by atoms with Crippen molar-refractivity contribution in [1.82, 2.24) is 0 Å². The zero-order valence-corrected chi connectivity index (χ0v) is 28.3. The smallest absolute Gasteiger partial charge is 0.241 e. The lowest BCUT2D eigenvalue weighted by Crippen LogP contribution is -2.49. The van der Waals surface area contributed by atoms with E-state index in [-0.39, 0.29) is 46.7 Å². The average molecular weight is 736 g/mol. The Morgan fingerprint density at radius 2 is 1.67 bits per heavy atom. The van der Waals surface area contributed by atoms with Gasteiger partial charge >= 0.3 is 0 Å². The van der Waals surface area contributed by atoms with Crippen LogP contribution in [-0.4, -0.2) is 41.6 Å². The molecule has 4 aliphatic rings. The van der Waals surface area contributed by atoms with Crippen molar-refractivity contribution in [2.75, 3.05) is 16.9 Å². The molecule has 1 saturated carbocycles. The Labute approximate surface area is 288 Å². The summed E-state index contributed by atoms with van der Waals surface area (Å²) in [5, 5.41) is 11.3. The molecule has 3 aromatic rings. The maximum atomic E-state index is 14.6. The lowest BCUT2D eigenvalue weighted by Gasteiger charge is -2.49. The van der Waals surface area contributed by atoms with E-state index in [1.54, 1.807) is 43.3 Å². The van der Waals surface area contributed by atoms with Gasteiger partial charge in [0, 0.05) is 21.5 Å². The number of hydrogen-bond donors (Lipinski definition) is 1. The number of methoxy groups -OCH3 is 1. The first-order valence-corrected chi connectivity index (χ1v) is 16.5. The predicted molar refractivity (Wildman–Crippen MR) is 177 cm³/mol. The molecule has 2 saturated heterocycles. The summed E-state index contributed by atoms with van der Waals surface area (Å²) < 4.78 is 20.1. The quantitative estimate of drug-likeness (QED) is 0.178. The van der Waals surface area contributed by atoms with Crippen molar-refractivity contribution in [3.63, 3.8) is 0 Å². The summed E-state index contributed by atoms with van der Waals surface area (Å²) in [5.41, 5.74) is 0.407. The second-order valence-corrected chi connectivity index (χ2v) is 14.2. The van der Waals surface area contributed by atoms with Crippen LogP contribution >= 0.6 is 27.5 Å². The number of aromatic hydroxyl groups is 1. The van der Waals surface area contributed by atoms with Crippen molar-refractivity contribution in [1.29, 1.82) is 0 Å². The van der Waals surface area contributed by atoms with Gasteiger partial charge in [-0.05, 0) is 87.2 Å². The molecule has 0 aromatic heterocycles. The van der Waals surface area contributed by atoms with Gasteiger partial charge in [0.2, 0.25) is 23.6 Å². The van der Waals surface area contributed by atoms with E-state index in [1.165, 1.54) is 26.2 Å². The van der Waals surface area contributed by atoms with E-state index in [1.807, 2.05) is 6.08 Å². The fourth-order valence-corrected chi connectivity index (χ4v) is 8.93. The van der Waals surface area contributed by atoms with E-state index in [2.05, 4.69) is 15.9 Å². The zero-order valence-electron chi connectivity index (χ0n) is 26.0. The van der Waals surface area contributed by atoms with Crippen LogP contribution in [0.25, 0.3) is 0 Å². The molecule has 2 heterocycles. The number of fused-ring (bicyclic) bond motifs is 4. The second kappa shape index (κ2) is 11.4. The number of halogens is 3. The van der Waals surface area contributed by atoms with Crippen LogP contribution in [0.1, 0.15) is 48.5 Å². The van der Waals surface area contributed by atoms with Crippen LogP contribution < -0.4 is 14.5 Å². The van der Waals surface area contributed by atoms with E-state index in [9.17, 15) is 33.5 Å². The third-order valence-electron chi connectivity index (χ3n) is 10.6. The van der Waals surface area contributed by atoms with Crippen LogP contribution in [0.15, 0.2) is 70.7 Å².